The van der Waals surface area contributed by atoms with E-state index in [-0.39, 0.29) is 6.61 Å². The first kappa shape index (κ1) is 10.6. The predicted molar refractivity (Wildman–Crippen MR) is 54.4 cm³/mol. The maximum Gasteiger partial charge on any atom is 0.0604 e. The van der Waals surface area contributed by atoms with Gasteiger partial charge in [0, 0.05) is 12.6 Å². The number of rotatable bonds is 4. The summed E-state index contributed by atoms with van der Waals surface area (Å²) in [6.45, 7) is 3.72. The van der Waals surface area contributed by atoms with E-state index in [0.29, 0.717) is 6.04 Å². The summed E-state index contributed by atoms with van der Waals surface area (Å²) in [6, 6.07) is 0.674. The fourth-order valence-electron chi connectivity index (χ4n) is 1.97. The lowest BCUT2D eigenvalue weighted by Crippen LogP contribution is -2.35. The van der Waals surface area contributed by atoms with Gasteiger partial charge in [0.15, 0.2) is 0 Å². The Hall–Kier alpha value is -0.520. The molecule has 0 amide bonds. The highest BCUT2D eigenvalue weighted by Gasteiger charge is 2.20. The van der Waals surface area contributed by atoms with E-state index in [1.54, 1.807) is 0 Å². The van der Waals surface area contributed by atoms with Crippen molar-refractivity contribution < 1.29 is 5.11 Å². The standard InChI is InChI=1S/C11H19NO/c1-2-3-8-12(9-10-13)11-6-4-5-7-11/h11,13H,4-10H2,1H3. The molecule has 0 atom stereocenters. The molecule has 0 spiro atoms. The van der Waals surface area contributed by atoms with Crippen molar-refractivity contribution in [3.8, 4) is 11.8 Å². The van der Waals surface area contributed by atoms with Gasteiger partial charge < -0.3 is 5.11 Å². The van der Waals surface area contributed by atoms with E-state index < -0.39 is 0 Å². The van der Waals surface area contributed by atoms with Crippen LogP contribution in [0, 0.1) is 11.8 Å². The summed E-state index contributed by atoms with van der Waals surface area (Å²) in [4.78, 5) is 2.31. The van der Waals surface area contributed by atoms with Gasteiger partial charge in [-0.3, -0.25) is 4.90 Å². The second kappa shape index (κ2) is 6.01. The molecular formula is C11H19NO. The Balaban J connectivity index is 2.38. The maximum absolute atomic E-state index is 8.91. The summed E-state index contributed by atoms with van der Waals surface area (Å²) < 4.78 is 0. The quantitative estimate of drug-likeness (QED) is 0.660. The Labute approximate surface area is 80.9 Å². The minimum atomic E-state index is 0.252. The molecule has 74 valence electrons. The van der Waals surface area contributed by atoms with Crippen molar-refractivity contribution in [3.05, 3.63) is 0 Å². The first-order valence-electron chi connectivity index (χ1n) is 5.13. The van der Waals surface area contributed by atoms with Crippen molar-refractivity contribution in [2.45, 2.75) is 38.6 Å². The van der Waals surface area contributed by atoms with E-state index in [2.05, 4.69) is 16.7 Å². The average Bonchev–Trinajstić information content (AvgIpc) is 2.65. The Bertz CT molecular complexity index is 186. The molecule has 1 fully saturated rings. The van der Waals surface area contributed by atoms with Crippen molar-refractivity contribution in [1.29, 1.82) is 0 Å². The van der Waals surface area contributed by atoms with E-state index in [4.69, 9.17) is 5.11 Å². The van der Waals surface area contributed by atoms with Crippen molar-refractivity contribution in [2.24, 2.45) is 0 Å². The normalized spacial score (nSPS) is 17.5. The third-order valence-electron chi connectivity index (χ3n) is 2.69. The van der Waals surface area contributed by atoms with E-state index in [1.165, 1.54) is 25.7 Å². The molecule has 1 saturated carbocycles. The van der Waals surface area contributed by atoms with E-state index in [0.717, 1.165) is 13.1 Å². The summed E-state index contributed by atoms with van der Waals surface area (Å²) in [6.07, 6.45) is 5.25. The molecule has 1 aliphatic rings. The number of hydrogen-bond donors (Lipinski definition) is 1. The SMILES string of the molecule is CC#CCN(CCO)C1CCCC1. The van der Waals surface area contributed by atoms with Crippen LogP contribution >= 0.6 is 0 Å². The van der Waals surface area contributed by atoms with E-state index in [1.807, 2.05) is 6.92 Å². The zero-order valence-electron chi connectivity index (χ0n) is 8.42. The van der Waals surface area contributed by atoms with Crippen LogP contribution in [-0.2, 0) is 0 Å². The smallest absolute Gasteiger partial charge is 0.0604 e. The first-order valence-corrected chi connectivity index (χ1v) is 5.13. The molecule has 0 unspecified atom stereocenters. The Kier molecular flexibility index (Phi) is 4.88. The maximum atomic E-state index is 8.91. The van der Waals surface area contributed by atoms with Crippen LogP contribution in [0.3, 0.4) is 0 Å². The molecule has 0 aromatic rings. The molecule has 0 aliphatic heterocycles. The summed E-state index contributed by atoms with van der Waals surface area (Å²) >= 11 is 0. The molecule has 13 heavy (non-hydrogen) atoms. The van der Waals surface area contributed by atoms with Crippen LogP contribution in [0.25, 0.3) is 0 Å². The molecule has 2 nitrogen and oxygen atoms in total. The van der Waals surface area contributed by atoms with Gasteiger partial charge in [-0.1, -0.05) is 18.8 Å². The minimum absolute atomic E-state index is 0.252. The highest BCUT2D eigenvalue weighted by Crippen LogP contribution is 2.22. The van der Waals surface area contributed by atoms with Gasteiger partial charge in [-0.25, -0.2) is 0 Å². The second-order valence-electron chi connectivity index (χ2n) is 3.56. The van der Waals surface area contributed by atoms with Crippen molar-refractivity contribution >= 4 is 0 Å². The summed E-state index contributed by atoms with van der Waals surface area (Å²) in [5.41, 5.74) is 0. The molecule has 0 aromatic heterocycles. The third-order valence-corrected chi connectivity index (χ3v) is 2.69. The number of aliphatic hydroxyl groups excluding tert-OH is 1. The van der Waals surface area contributed by atoms with Gasteiger partial charge in [0.05, 0.1) is 13.2 Å². The van der Waals surface area contributed by atoms with Crippen LogP contribution in [0.2, 0.25) is 0 Å². The van der Waals surface area contributed by atoms with Gasteiger partial charge in [0.1, 0.15) is 0 Å². The zero-order valence-corrected chi connectivity index (χ0v) is 8.42. The van der Waals surface area contributed by atoms with Crippen LogP contribution in [0.5, 0.6) is 0 Å². The number of aliphatic hydroxyl groups is 1. The van der Waals surface area contributed by atoms with Gasteiger partial charge >= 0.3 is 0 Å². The van der Waals surface area contributed by atoms with Gasteiger partial charge in [-0.15, -0.1) is 5.92 Å². The van der Waals surface area contributed by atoms with E-state index in [9.17, 15) is 0 Å². The van der Waals surface area contributed by atoms with Gasteiger partial charge in [0.25, 0.3) is 0 Å². The molecule has 1 aliphatic carbocycles. The predicted octanol–water partition coefficient (Wildman–Crippen LogP) is 1.25. The highest BCUT2D eigenvalue weighted by molar-refractivity contribution is 4.99. The highest BCUT2D eigenvalue weighted by atomic mass is 16.3. The van der Waals surface area contributed by atoms with Crippen LogP contribution in [0.1, 0.15) is 32.6 Å². The summed E-state index contributed by atoms with van der Waals surface area (Å²) in [7, 11) is 0. The van der Waals surface area contributed by atoms with Crippen LogP contribution in [0.15, 0.2) is 0 Å². The molecule has 0 radical (unpaired) electrons. The molecule has 2 heteroatoms. The first-order chi connectivity index (χ1) is 6.38. The number of hydrogen-bond acceptors (Lipinski definition) is 2. The van der Waals surface area contributed by atoms with Crippen LogP contribution < -0.4 is 0 Å². The molecule has 1 N–H and O–H groups in total. The summed E-state index contributed by atoms with van der Waals surface area (Å²) in [5, 5.41) is 8.91. The lowest BCUT2D eigenvalue weighted by Gasteiger charge is -2.25. The van der Waals surface area contributed by atoms with Crippen molar-refractivity contribution in [1.82, 2.24) is 4.90 Å². The Morgan fingerprint density at radius 3 is 2.62 bits per heavy atom. The monoisotopic (exact) mass is 181 g/mol. The lowest BCUT2D eigenvalue weighted by atomic mass is 10.2. The van der Waals surface area contributed by atoms with Gasteiger partial charge in [-0.05, 0) is 19.8 Å². The molecule has 0 bridgehead atoms. The minimum Gasteiger partial charge on any atom is -0.395 e. The van der Waals surface area contributed by atoms with E-state index >= 15 is 0 Å². The molecule has 0 aromatic carbocycles. The van der Waals surface area contributed by atoms with Crippen LogP contribution in [0.4, 0.5) is 0 Å². The molecule has 0 saturated heterocycles. The molecule has 1 rings (SSSR count). The van der Waals surface area contributed by atoms with Crippen molar-refractivity contribution in [3.63, 3.8) is 0 Å². The lowest BCUT2D eigenvalue weighted by molar-refractivity contribution is 0.168. The molecule has 0 heterocycles. The Morgan fingerprint density at radius 1 is 1.38 bits per heavy atom. The third kappa shape index (κ3) is 3.38. The van der Waals surface area contributed by atoms with Gasteiger partial charge in [-0.2, -0.15) is 0 Å². The topological polar surface area (TPSA) is 23.5 Å². The Morgan fingerprint density at radius 2 is 2.08 bits per heavy atom. The molecular weight excluding hydrogens is 162 g/mol. The number of nitrogens with zero attached hydrogens (tertiary/aromatic N) is 1. The van der Waals surface area contributed by atoms with Crippen LogP contribution in [-0.4, -0.2) is 35.7 Å². The fraction of sp³-hybridized carbons (Fsp3) is 0.818. The summed E-state index contributed by atoms with van der Waals surface area (Å²) in [5.74, 6) is 5.98. The second-order valence-corrected chi connectivity index (χ2v) is 3.56. The largest absolute Gasteiger partial charge is 0.395 e. The zero-order chi connectivity index (χ0) is 9.52. The van der Waals surface area contributed by atoms with Crippen molar-refractivity contribution in [2.75, 3.05) is 19.7 Å². The van der Waals surface area contributed by atoms with Gasteiger partial charge in [0.2, 0.25) is 0 Å². The average molecular weight is 181 g/mol. The fourth-order valence-corrected chi connectivity index (χ4v) is 1.97.